The molecule has 1 saturated heterocycles. The molecule has 1 fully saturated rings. The molecule has 0 aliphatic carbocycles. The lowest BCUT2D eigenvalue weighted by atomic mass is 10.2. The van der Waals surface area contributed by atoms with E-state index in [2.05, 4.69) is 0 Å². The molecule has 1 aromatic rings. The minimum absolute atomic E-state index is 0.00253. The van der Waals surface area contributed by atoms with E-state index in [-0.39, 0.29) is 17.9 Å². The van der Waals surface area contributed by atoms with E-state index < -0.39 is 10.0 Å². The van der Waals surface area contributed by atoms with Gasteiger partial charge in [0.15, 0.2) is 0 Å². The maximum absolute atomic E-state index is 12.5. The fraction of sp³-hybridized carbons (Fsp3) is 0.571. The zero-order chi connectivity index (χ0) is 14.8. The molecular formula is C14H20ClNO3S. The van der Waals surface area contributed by atoms with Crippen molar-refractivity contribution >= 4 is 21.6 Å². The average molecular weight is 318 g/mol. The van der Waals surface area contributed by atoms with Gasteiger partial charge in [-0.2, -0.15) is 4.31 Å². The molecule has 2 unspecified atom stereocenters. The predicted molar refractivity (Wildman–Crippen MR) is 80.2 cm³/mol. The Bertz CT molecular complexity index is 561. The van der Waals surface area contributed by atoms with Crippen LogP contribution in [0.5, 0.6) is 0 Å². The first-order valence-electron chi connectivity index (χ1n) is 6.65. The van der Waals surface area contributed by atoms with E-state index in [1.165, 1.54) is 4.31 Å². The summed E-state index contributed by atoms with van der Waals surface area (Å²) < 4.78 is 31.8. The monoisotopic (exact) mass is 317 g/mol. The maximum Gasteiger partial charge on any atom is 0.218 e. The summed E-state index contributed by atoms with van der Waals surface area (Å²) in [6.07, 6.45) is 0.697. The van der Waals surface area contributed by atoms with Gasteiger partial charge in [-0.15, -0.1) is 11.6 Å². The Morgan fingerprint density at radius 2 is 2.10 bits per heavy atom. The van der Waals surface area contributed by atoms with Gasteiger partial charge in [0.25, 0.3) is 0 Å². The van der Waals surface area contributed by atoms with Crippen molar-refractivity contribution in [3.05, 3.63) is 35.4 Å². The molecule has 0 N–H and O–H groups in total. The molecule has 0 bridgehead atoms. The number of sulfonamides is 1. The van der Waals surface area contributed by atoms with Gasteiger partial charge in [-0.3, -0.25) is 0 Å². The third-order valence-corrected chi connectivity index (χ3v) is 5.89. The molecule has 0 radical (unpaired) electrons. The molecule has 2 atom stereocenters. The standard InChI is InChI=1S/C14H20ClNO3S/c1-11-14(6-7-19-11)16(2)20(17,18)10-13-5-3-4-12(8-13)9-15/h3-5,8,11,14H,6-7,9-10H2,1-2H3. The maximum atomic E-state index is 12.5. The number of ether oxygens (including phenoxy) is 1. The highest BCUT2D eigenvalue weighted by Crippen LogP contribution is 2.22. The second-order valence-corrected chi connectivity index (χ2v) is 7.45. The lowest BCUT2D eigenvalue weighted by Crippen LogP contribution is -2.41. The van der Waals surface area contributed by atoms with Gasteiger partial charge in [0, 0.05) is 19.5 Å². The van der Waals surface area contributed by atoms with Crippen LogP contribution in [0.15, 0.2) is 24.3 Å². The lowest BCUT2D eigenvalue weighted by molar-refractivity contribution is 0.102. The number of benzene rings is 1. The summed E-state index contributed by atoms with van der Waals surface area (Å²) in [5.74, 6) is 0.384. The largest absolute Gasteiger partial charge is 0.377 e. The summed E-state index contributed by atoms with van der Waals surface area (Å²) in [5, 5.41) is 0. The molecule has 0 aromatic heterocycles. The third kappa shape index (κ3) is 3.52. The highest BCUT2D eigenvalue weighted by Gasteiger charge is 2.34. The van der Waals surface area contributed by atoms with E-state index in [1.54, 1.807) is 7.05 Å². The first-order valence-corrected chi connectivity index (χ1v) is 8.79. The van der Waals surface area contributed by atoms with Crippen molar-refractivity contribution in [3.8, 4) is 0 Å². The highest BCUT2D eigenvalue weighted by molar-refractivity contribution is 7.88. The summed E-state index contributed by atoms with van der Waals surface area (Å²) in [6, 6.07) is 7.31. The van der Waals surface area contributed by atoms with E-state index in [4.69, 9.17) is 16.3 Å². The van der Waals surface area contributed by atoms with Crippen molar-refractivity contribution in [3.63, 3.8) is 0 Å². The zero-order valence-electron chi connectivity index (χ0n) is 11.8. The molecule has 1 aliphatic rings. The van der Waals surface area contributed by atoms with Crippen LogP contribution in [0.3, 0.4) is 0 Å². The molecule has 20 heavy (non-hydrogen) atoms. The van der Waals surface area contributed by atoms with Crippen molar-refractivity contribution in [1.82, 2.24) is 4.31 Å². The summed E-state index contributed by atoms with van der Waals surface area (Å²) in [5.41, 5.74) is 1.70. The summed E-state index contributed by atoms with van der Waals surface area (Å²) in [6.45, 7) is 2.53. The van der Waals surface area contributed by atoms with Crippen molar-refractivity contribution < 1.29 is 13.2 Å². The van der Waals surface area contributed by atoms with Gasteiger partial charge in [0.05, 0.1) is 17.9 Å². The van der Waals surface area contributed by atoms with Crippen LogP contribution in [0.4, 0.5) is 0 Å². The summed E-state index contributed by atoms with van der Waals surface area (Å²) in [4.78, 5) is 0. The summed E-state index contributed by atoms with van der Waals surface area (Å²) >= 11 is 5.78. The number of nitrogens with zero attached hydrogens (tertiary/aromatic N) is 1. The Morgan fingerprint density at radius 1 is 1.40 bits per heavy atom. The SMILES string of the molecule is CC1OCCC1N(C)S(=O)(=O)Cc1cccc(CCl)c1. The molecule has 1 aromatic carbocycles. The van der Waals surface area contributed by atoms with Crippen LogP contribution in [-0.2, 0) is 26.4 Å². The molecule has 1 heterocycles. The van der Waals surface area contributed by atoms with Gasteiger partial charge >= 0.3 is 0 Å². The second-order valence-electron chi connectivity index (χ2n) is 5.16. The number of hydrogen-bond acceptors (Lipinski definition) is 3. The Morgan fingerprint density at radius 3 is 2.70 bits per heavy atom. The van der Waals surface area contributed by atoms with Crippen LogP contribution in [0.25, 0.3) is 0 Å². The molecule has 1 aliphatic heterocycles. The Kier molecular flexibility index (Phi) is 5.07. The van der Waals surface area contributed by atoms with E-state index >= 15 is 0 Å². The normalized spacial score (nSPS) is 23.4. The van der Waals surface area contributed by atoms with Gasteiger partial charge in [0.2, 0.25) is 10.0 Å². The first kappa shape index (κ1) is 15.8. The minimum atomic E-state index is -3.34. The Balaban J connectivity index is 2.13. The topological polar surface area (TPSA) is 46.6 Å². The quantitative estimate of drug-likeness (QED) is 0.783. The molecular weight excluding hydrogens is 298 g/mol. The first-order chi connectivity index (χ1) is 9.44. The van der Waals surface area contributed by atoms with Crippen LogP contribution in [-0.4, -0.2) is 38.5 Å². The Labute approximate surface area is 125 Å². The molecule has 0 amide bonds. The van der Waals surface area contributed by atoms with Crippen LogP contribution in [0.1, 0.15) is 24.5 Å². The molecule has 112 valence electrons. The van der Waals surface area contributed by atoms with E-state index in [9.17, 15) is 8.42 Å². The molecule has 0 saturated carbocycles. The van der Waals surface area contributed by atoms with E-state index in [0.717, 1.165) is 17.5 Å². The van der Waals surface area contributed by atoms with Crippen molar-refractivity contribution in [2.45, 2.75) is 37.1 Å². The predicted octanol–water partition coefficient (Wildman–Crippen LogP) is 2.36. The van der Waals surface area contributed by atoms with E-state index in [0.29, 0.717) is 12.5 Å². The van der Waals surface area contributed by atoms with Crippen molar-refractivity contribution in [1.29, 1.82) is 0 Å². The average Bonchev–Trinajstić information content (AvgIpc) is 2.83. The van der Waals surface area contributed by atoms with Gasteiger partial charge < -0.3 is 4.74 Å². The Hall–Kier alpha value is -0.620. The van der Waals surface area contributed by atoms with Crippen LogP contribution in [0.2, 0.25) is 0 Å². The number of hydrogen-bond donors (Lipinski definition) is 0. The van der Waals surface area contributed by atoms with Gasteiger partial charge in [0.1, 0.15) is 0 Å². The highest BCUT2D eigenvalue weighted by atomic mass is 35.5. The van der Waals surface area contributed by atoms with Gasteiger partial charge in [-0.1, -0.05) is 24.3 Å². The number of likely N-dealkylation sites (N-methyl/N-ethyl adjacent to an activating group) is 1. The van der Waals surface area contributed by atoms with Crippen LogP contribution < -0.4 is 0 Å². The fourth-order valence-electron chi connectivity index (χ4n) is 2.52. The van der Waals surface area contributed by atoms with Crippen LogP contribution >= 0.6 is 11.6 Å². The van der Waals surface area contributed by atoms with Crippen LogP contribution in [0, 0.1) is 0 Å². The van der Waals surface area contributed by atoms with Gasteiger partial charge in [-0.25, -0.2) is 8.42 Å². The second kappa shape index (κ2) is 6.43. The van der Waals surface area contributed by atoms with E-state index in [1.807, 2.05) is 31.2 Å². The smallest absolute Gasteiger partial charge is 0.218 e. The zero-order valence-corrected chi connectivity index (χ0v) is 13.3. The van der Waals surface area contributed by atoms with Gasteiger partial charge in [-0.05, 0) is 24.5 Å². The minimum Gasteiger partial charge on any atom is -0.377 e. The molecule has 2 rings (SSSR count). The lowest BCUT2D eigenvalue weighted by Gasteiger charge is -2.26. The fourth-order valence-corrected chi connectivity index (χ4v) is 4.18. The number of halogens is 1. The third-order valence-electron chi connectivity index (χ3n) is 3.74. The van der Waals surface area contributed by atoms with Crippen molar-refractivity contribution in [2.24, 2.45) is 0 Å². The summed E-state index contributed by atoms with van der Waals surface area (Å²) in [7, 11) is -1.71. The molecule has 6 heteroatoms. The number of alkyl halides is 1. The molecule has 4 nitrogen and oxygen atoms in total. The molecule has 0 spiro atoms. The van der Waals surface area contributed by atoms with Crippen molar-refractivity contribution in [2.75, 3.05) is 13.7 Å². The number of rotatable bonds is 5.